The summed E-state index contributed by atoms with van der Waals surface area (Å²) >= 11 is 0. The van der Waals surface area contributed by atoms with Crippen LogP contribution in [0.3, 0.4) is 0 Å². The zero-order valence-corrected chi connectivity index (χ0v) is 26.2. The van der Waals surface area contributed by atoms with E-state index in [9.17, 15) is 22.4 Å². The van der Waals surface area contributed by atoms with Crippen molar-refractivity contribution in [1.29, 1.82) is 0 Å². The third kappa shape index (κ3) is 6.58. The first-order chi connectivity index (χ1) is 21.3. The summed E-state index contributed by atoms with van der Waals surface area (Å²) in [5, 5.41) is 7.68. The van der Waals surface area contributed by atoms with Gasteiger partial charge in [-0.25, -0.2) is 17.3 Å². The van der Waals surface area contributed by atoms with Crippen LogP contribution in [-0.2, 0) is 22.0 Å². The Balaban J connectivity index is 1.65. The molecule has 0 radical (unpaired) electrons. The highest BCUT2D eigenvalue weighted by molar-refractivity contribution is 7.92. The van der Waals surface area contributed by atoms with Gasteiger partial charge in [0.05, 0.1) is 40.5 Å². The fourth-order valence-corrected chi connectivity index (χ4v) is 6.41. The Bertz CT molecular complexity index is 2010. The van der Waals surface area contributed by atoms with E-state index >= 15 is 0 Å². The van der Waals surface area contributed by atoms with E-state index in [4.69, 9.17) is 5.73 Å². The highest BCUT2D eigenvalue weighted by Crippen LogP contribution is 2.36. The van der Waals surface area contributed by atoms with Crippen LogP contribution >= 0.6 is 0 Å². The molecule has 0 fully saturated rings. The molecule has 5 rings (SSSR count). The second-order valence-corrected chi connectivity index (χ2v) is 13.3. The number of nitrogens with zero attached hydrogens (tertiary/aromatic N) is 3. The minimum absolute atomic E-state index is 0.120. The van der Waals surface area contributed by atoms with Crippen LogP contribution in [0.4, 0.5) is 10.1 Å². The van der Waals surface area contributed by atoms with Crippen molar-refractivity contribution in [3.8, 4) is 11.1 Å². The molecule has 2 amide bonds. The van der Waals surface area contributed by atoms with Crippen molar-refractivity contribution < 1.29 is 22.4 Å². The Morgan fingerprint density at radius 1 is 1.00 bits per heavy atom. The number of rotatable bonds is 10. The summed E-state index contributed by atoms with van der Waals surface area (Å²) in [5.74, 6) is -1.42. The SMILES string of the molecule is CCN(c1cn2nc(Cc3ccc(F)cc3)c(C(N)=O)c2cc1-c1cccc(C(=O)NC(C)(C)c2ccccc2)c1)S(C)(=O)=O. The molecule has 0 atom stereocenters. The predicted molar refractivity (Wildman–Crippen MR) is 173 cm³/mol. The molecule has 45 heavy (non-hydrogen) atoms. The third-order valence-corrected chi connectivity index (χ3v) is 8.92. The van der Waals surface area contributed by atoms with Crippen LogP contribution in [0.25, 0.3) is 16.6 Å². The standard InChI is InChI=1S/C34H34FN5O4S/c1-5-40(45(4,43)44)30-21-39-29(31(32(36)41)28(38-39)18-22-14-16-26(35)17-15-22)20-27(30)23-10-9-11-24(19-23)33(42)37-34(2,3)25-12-7-6-8-13-25/h6-17,19-21H,5,18H2,1-4H3,(H2,36,41)(H,37,42). The molecule has 0 spiro atoms. The molecule has 232 valence electrons. The maximum absolute atomic E-state index is 13.5. The van der Waals surface area contributed by atoms with Crippen molar-refractivity contribution in [2.24, 2.45) is 5.73 Å². The minimum Gasteiger partial charge on any atom is -0.365 e. The Morgan fingerprint density at radius 2 is 1.69 bits per heavy atom. The smallest absolute Gasteiger partial charge is 0.252 e. The lowest BCUT2D eigenvalue weighted by molar-refractivity contribution is 0.0911. The number of amides is 2. The number of nitrogens with one attached hydrogen (secondary N) is 1. The van der Waals surface area contributed by atoms with E-state index in [0.717, 1.165) is 11.8 Å². The van der Waals surface area contributed by atoms with E-state index in [1.54, 1.807) is 55.6 Å². The van der Waals surface area contributed by atoms with Crippen LogP contribution in [0.2, 0.25) is 0 Å². The second kappa shape index (κ2) is 12.2. The van der Waals surface area contributed by atoms with Crippen LogP contribution in [-0.4, -0.2) is 42.6 Å². The molecule has 3 aromatic carbocycles. The number of fused-ring (bicyclic) bond motifs is 1. The van der Waals surface area contributed by atoms with Gasteiger partial charge in [0, 0.05) is 24.1 Å². The Kier molecular flexibility index (Phi) is 8.48. The van der Waals surface area contributed by atoms with Gasteiger partial charge in [0.25, 0.3) is 11.8 Å². The number of aromatic nitrogens is 2. The molecule has 0 bridgehead atoms. The highest BCUT2D eigenvalue weighted by atomic mass is 32.2. The average Bonchev–Trinajstić information content (AvgIpc) is 3.35. The molecule has 5 aromatic rings. The van der Waals surface area contributed by atoms with Gasteiger partial charge in [-0.2, -0.15) is 5.10 Å². The monoisotopic (exact) mass is 627 g/mol. The van der Waals surface area contributed by atoms with Gasteiger partial charge in [-0.1, -0.05) is 54.6 Å². The van der Waals surface area contributed by atoms with Gasteiger partial charge < -0.3 is 11.1 Å². The number of pyridine rings is 1. The molecule has 2 heterocycles. The van der Waals surface area contributed by atoms with Crippen molar-refractivity contribution in [1.82, 2.24) is 14.9 Å². The quantitative estimate of drug-likeness (QED) is 0.218. The molecule has 11 heteroatoms. The van der Waals surface area contributed by atoms with Gasteiger partial charge in [0.15, 0.2) is 0 Å². The van der Waals surface area contributed by atoms with Crippen molar-refractivity contribution in [3.63, 3.8) is 0 Å². The first-order valence-electron chi connectivity index (χ1n) is 14.3. The number of carbonyl (C=O) groups is 2. The summed E-state index contributed by atoms with van der Waals surface area (Å²) in [7, 11) is -3.73. The lowest BCUT2D eigenvalue weighted by Gasteiger charge is -2.27. The molecular weight excluding hydrogens is 593 g/mol. The van der Waals surface area contributed by atoms with Crippen LogP contribution in [0.15, 0.2) is 91.1 Å². The first-order valence-corrected chi connectivity index (χ1v) is 16.2. The van der Waals surface area contributed by atoms with E-state index in [-0.39, 0.29) is 24.4 Å². The maximum atomic E-state index is 13.5. The highest BCUT2D eigenvalue weighted by Gasteiger charge is 2.26. The molecule has 0 saturated heterocycles. The van der Waals surface area contributed by atoms with Gasteiger partial charge >= 0.3 is 0 Å². The topological polar surface area (TPSA) is 127 Å². The van der Waals surface area contributed by atoms with Crippen molar-refractivity contribution in [2.45, 2.75) is 32.7 Å². The minimum atomic E-state index is -3.73. The Labute approximate surface area is 261 Å². The first kappa shape index (κ1) is 31.4. The number of nitrogens with two attached hydrogens (primary N) is 1. The number of sulfonamides is 1. The Morgan fingerprint density at radius 3 is 2.31 bits per heavy atom. The van der Waals surface area contributed by atoms with Crippen LogP contribution in [0, 0.1) is 5.82 Å². The number of benzene rings is 3. The van der Waals surface area contributed by atoms with Gasteiger partial charge in [0.1, 0.15) is 5.82 Å². The molecule has 3 N–H and O–H groups in total. The van der Waals surface area contributed by atoms with Gasteiger partial charge in [-0.15, -0.1) is 0 Å². The molecule has 0 aliphatic heterocycles. The zero-order valence-electron chi connectivity index (χ0n) is 25.4. The number of anilines is 1. The van der Waals surface area contributed by atoms with Crippen molar-refractivity contribution >= 4 is 33.0 Å². The number of hydrogen-bond acceptors (Lipinski definition) is 5. The van der Waals surface area contributed by atoms with Crippen LogP contribution in [0.5, 0.6) is 0 Å². The van der Waals surface area contributed by atoms with Crippen LogP contribution in [0.1, 0.15) is 58.3 Å². The molecule has 2 aromatic heterocycles. The normalized spacial score (nSPS) is 11.8. The maximum Gasteiger partial charge on any atom is 0.252 e. The zero-order chi connectivity index (χ0) is 32.5. The second-order valence-electron chi connectivity index (χ2n) is 11.3. The summed E-state index contributed by atoms with van der Waals surface area (Å²) in [6, 6.07) is 23.9. The van der Waals surface area contributed by atoms with Crippen molar-refractivity contribution in [3.05, 3.63) is 125 Å². The predicted octanol–water partition coefficient (Wildman–Crippen LogP) is 5.28. The average molecular weight is 628 g/mol. The molecule has 0 unspecified atom stereocenters. The van der Waals surface area contributed by atoms with Crippen molar-refractivity contribution in [2.75, 3.05) is 17.1 Å². The van der Waals surface area contributed by atoms with E-state index in [0.29, 0.717) is 39.2 Å². The van der Waals surface area contributed by atoms with E-state index in [1.807, 2.05) is 44.2 Å². The molecule has 0 aliphatic carbocycles. The molecular formula is C34H34FN5O4S. The number of carbonyl (C=O) groups excluding carboxylic acids is 2. The fourth-order valence-electron chi connectivity index (χ4n) is 5.44. The summed E-state index contributed by atoms with van der Waals surface area (Å²) in [4.78, 5) is 26.3. The number of halogens is 1. The summed E-state index contributed by atoms with van der Waals surface area (Å²) < 4.78 is 42.0. The lowest BCUT2D eigenvalue weighted by Crippen LogP contribution is -2.40. The largest absolute Gasteiger partial charge is 0.365 e. The Hall–Kier alpha value is -5.03. The number of primary amides is 1. The van der Waals surface area contributed by atoms with Gasteiger partial charge in [0.2, 0.25) is 10.0 Å². The molecule has 0 saturated carbocycles. The van der Waals surface area contributed by atoms with Crippen LogP contribution < -0.4 is 15.4 Å². The summed E-state index contributed by atoms with van der Waals surface area (Å²) in [6.07, 6.45) is 2.85. The van der Waals surface area contributed by atoms with E-state index < -0.39 is 27.3 Å². The third-order valence-electron chi connectivity index (χ3n) is 7.67. The molecule has 9 nitrogen and oxygen atoms in total. The lowest BCUT2D eigenvalue weighted by atomic mass is 9.93. The molecule has 0 aliphatic rings. The van der Waals surface area contributed by atoms with Gasteiger partial charge in [-0.05, 0) is 67.8 Å². The fraction of sp³-hybridized carbons (Fsp3) is 0.206. The number of hydrogen-bond donors (Lipinski definition) is 2. The summed E-state index contributed by atoms with van der Waals surface area (Å²) in [5.41, 5.74) is 9.40. The van der Waals surface area contributed by atoms with Gasteiger partial charge in [-0.3, -0.25) is 13.9 Å². The van der Waals surface area contributed by atoms with E-state index in [1.165, 1.54) is 21.0 Å². The summed E-state index contributed by atoms with van der Waals surface area (Å²) in [6.45, 7) is 5.66. The van der Waals surface area contributed by atoms with E-state index in [2.05, 4.69) is 10.4 Å².